The van der Waals surface area contributed by atoms with Crippen molar-refractivity contribution < 1.29 is 9.59 Å². The summed E-state index contributed by atoms with van der Waals surface area (Å²) in [6, 6.07) is 18.0. The summed E-state index contributed by atoms with van der Waals surface area (Å²) in [7, 11) is 0. The topological polar surface area (TPSA) is 75.2 Å². The molecule has 4 rings (SSSR count). The van der Waals surface area contributed by atoms with E-state index in [0.29, 0.717) is 24.5 Å². The van der Waals surface area contributed by atoms with Crippen LogP contribution in [0.15, 0.2) is 54.6 Å². The van der Waals surface area contributed by atoms with Gasteiger partial charge in [0.05, 0.1) is 0 Å². The second kappa shape index (κ2) is 9.17. The van der Waals surface area contributed by atoms with Gasteiger partial charge in [-0.3, -0.25) is 9.59 Å². The number of aromatic nitrogens is 2. The number of nitrogens with one attached hydrogen (secondary N) is 1. The number of hydrogen-bond acceptors (Lipinski definition) is 5. The van der Waals surface area contributed by atoms with Crippen LogP contribution >= 0.6 is 11.3 Å². The van der Waals surface area contributed by atoms with E-state index in [1.807, 2.05) is 54.3 Å². The van der Waals surface area contributed by atoms with Crippen molar-refractivity contribution in [1.82, 2.24) is 10.2 Å². The summed E-state index contributed by atoms with van der Waals surface area (Å²) in [6.07, 6.45) is 2.50. The van der Waals surface area contributed by atoms with Gasteiger partial charge in [0.15, 0.2) is 0 Å². The van der Waals surface area contributed by atoms with Gasteiger partial charge in [0.1, 0.15) is 5.01 Å². The van der Waals surface area contributed by atoms with Crippen molar-refractivity contribution in [3.63, 3.8) is 0 Å². The van der Waals surface area contributed by atoms with E-state index in [1.54, 1.807) is 0 Å². The lowest BCUT2D eigenvalue weighted by Gasteiger charge is -2.18. The maximum Gasteiger partial charge on any atom is 0.227 e. The predicted octanol–water partition coefficient (Wildman–Crippen LogP) is 4.33. The van der Waals surface area contributed by atoms with Gasteiger partial charge in [-0.15, -0.1) is 10.2 Å². The van der Waals surface area contributed by atoms with Gasteiger partial charge in [-0.1, -0.05) is 59.9 Å². The molecule has 3 aromatic rings. The molecule has 1 aliphatic heterocycles. The van der Waals surface area contributed by atoms with Gasteiger partial charge in [-0.25, -0.2) is 0 Å². The molecule has 1 atom stereocenters. The number of benzene rings is 2. The molecule has 0 saturated carbocycles. The minimum Gasteiger partial charge on any atom is -0.311 e. The zero-order valence-electron chi connectivity index (χ0n) is 16.9. The third-order valence-electron chi connectivity index (χ3n) is 5.28. The van der Waals surface area contributed by atoms with Crippen LogP contribution in [0, 0.1) is 6.92 Å². The number of carbonyl (C=O) groups is 2. The molecule has 0 aliphatic carbocycles. The highest BCUT2D eigenvalue weighted by Gasteiger charge is 2.34. The van der Waals surface area contributed by atoms with E-state index in [-0.39, 0.29) is 17.7 Å². The van der Waals surface area contributed by atoms with Crippen LogP contribution in [0.5, 0.6) is 0 Å². The lowest BCUT2D eigenvalue weighted by Crippen LogP contribution is -2.25. The second-order valence-electron chi connectivity index (χ2n) is 7.52. The number of anilines is 2. The number of carbonyl (C=O) groups excluding carboxylic acids is 2. The zero-order chi connectivity index (χ0) is 20.9. The molecule has 1 aliphatic rings. The molecule has 7 heteroatoms. The summed E-state index contributed by atoms with van der Waals surface area (Å²) in [5.41, 5.74) is 3.25. The Labute approximate surface area is 180 Å². The molecule has 1 N–H and O–H groups in total. The van der Waals surface area contributed by atoms with Gasteiger partial charge in [0, 0.05) is 31.0 Å². The molecule has 0 bridgehead atoms. The number of rotatable bonds is 7. The molecule has 1 saturated heterocycles. The zero-order valence-corrected chi connectivity index (χ0v) is 17.7. The molecule has 6 nitrogen and oxygen atoms in total. The Morgan fingerprint density at radius 2 is 1.90 bits per heavy atom. The molecule has 154 valence electrons. The Balaban J connectivity index is 1.31. The van der Waals surface area contributed by atoms with E-state index < -0.39 is 0 Å². The van der Waals surface area contributed by atoms with E-state index in [2.05, 4.69) is 27.6 Å². The fraction of sp³-hybridized carbons (Fsp3) is 0.304. The van der Waals surface area contributed by atoms with Crippen LogP contribution in [-0.2, 0) is 16.0 Å². The molecule has 30 heavy (non-hydrogen) atoms. The molecular formula is C23H24N4O2S. The average molecular weight is 421 g/mol. The van der Waals surface area contributed by atoms with Crippen LogP contribution in [0.4, 0.5) is 10.8 Å². The Morgan fingerprint density at radius 1 is 1.13 bits per heavy atom. The van der Waals surface area contributed by atoms with E-state index >= 15 is 0 Å². The lowest BCUT2D eigenvalue weighted by atomic mass is 10.1. The highest BCUT2D eigenvalue weighted by molar-refractivity contribution is 7.15. The van der Waals surface area contributed by atoms with Crippen molar-refractivity contribution in [2.75, 3.05) is 16.8 Å². The van der Waals surface area contributed by atoms with Crippen LogP contribution in [-0.4, -0.2) is 28.6 Å². The van der Waals surface area contributed by atoms with Crippen LogP contribution in [0.2, 0.25) is 0 Å². The summed E-state index contributed by atoms with van der Waals surface area (Å²) < 4.78 is 0. The summed E-state index contributed by atoms with van der Waals surface area (Å²) in [6.45, 7) is 2.59. The van der Waals surface area contributed by atoms with Crippen molar-refractivity contribution in [2.24, 2.45) is 0 Å². The lowest BCUT2D eigenvalue weighted by molar-refractivity contribution is -0.117. The Bertz CT molecular complexity index is 1030. The summed E-state index contributed by atoms with van der Waals surface area (Å²) in [5.74, 6) is 0.0343. The first-order valence-corrected chi connectivity index (χ1v) is 10.9. The molecular weight excluding hydrogens is 396 g/mol. The first kappa shape index (κ1) is 20.2. The second-order valence-corrected chi connectivity index (χ2v) is 8.53. The average Bonchev–Trinajstić information content (AvgIpc) is 3.36. The third-order valence-corrected chi connectivity index (χ3v) is 6.28. The fourth-order valence-electron chi connectivity index (χ4n) is 3.70. The standard InChI is InChI=1S/C23H24N4O2S/c1-16-8-5-6-12-19(16)27-15-18(14-21(27)29)22-25-26-23(30-22)24-20(28)13-7-11-17-9-3-2-4-10-17/h2-6,8-10,12,18H,7,11,13-15H2,1H3,(H,24,26,28)/t18-/m0/s1. The maximum absolute atomic E-state index is 12.5. The first-order chi connectivity index (χ1) is 14.6. The molecule has 2 amide bonds. The maximum atomic E-state index is 12.5. The predicted molar refractivity (Wildman–Crippen MR) is 119 cm³/mol. The Morgan fingerprint density at radius 3 is 2.70 bits per heavy atom. The van der Waals surface area contributed by atoms with E-state index in [9.17, 15) is 9.59 Å². The quantitative estimate of drug-likeness (QED) is 0.617. The molecule has 1 aromatic heterocycles. The van der Waals surface area contributed by atoms with Crippen LogP contribution in [0.25, 0.3) is 0 Å². The summed E-state index contributed by atoms with van der Waals surface area (Å²) in [4.78, 5) is 26.6. The molecule has 0 spiro atoms. The van der Waals surface area contributed by atoms with Gasteiger partial charge >= 0.3 is 0 Å². The minimum atomic E-state index is -0.0577. The van der Waals surface area contributed by atoms with Gasteiger partial charge < -0.3 is 10.2 Å². The van der Waals surface area contributed by atoms with Gasteiger partial charge in [-0.2, -0.15) is 0 Å². The molecule has 0 unspecified atom stereocenters. The Kier molecular flexibility index (Phi) is 6.18. The van der Waals surface area contributed by atoms with Crippen LogP contribution in [0.1, 0.15) is 41.3 Å². The number of hydrogen-bond donors (Lipinski definition) is 1. The van der Waals surface area contributed by atoms with Crippen molar-refractivity contribution in [1.29, 1.82) is 0 Å². The van der Waals surface area contributed by atoms with Crippen LogP contribution < -0.4 is 10.2 Å². The number of nitrogens with zero attached hydrogens (tertiary/aromatic N) is 3. The third kappa shape index (κ3) is 4.74. The van der Waals surface area contributed by atoms with Crippen molar-refractivity contribution in [2.45, 2.75) is 38.5 Å². The molecule has 1 fully saturated rings. The van der Waals surface area contributed by atoms with E-state index in [1.165, 1.54) is 16.9 Å². The molecule has 0 radical (unpaired) electrons. The Hall–Kier alpha value is -3.06. The van der Waals surface area contributed by atoms with Gasteiger partial charge in [-0.05, 0) is 37.0 Å². The largest absolute Gasteiger partial charge is 0.311 e. The van der Waals surface area contributed by atoms with Crippen molar-refractivity contribution >= 4 is 34.0 Å². The van der Waals surface area contributed by atoms with E-state index in [4.69, 9.17) is 0 Å². The number of para-hydroxylation sites is 1. The number of aryl methyl sites for hydroxylation is 2. The molecule has 2 aromatic carbocycles. The smallest absolute Gasteiger partial charge is 0.227 e. The monoisotopic (exact) mass is 420 g/mol. The highest BCUT2D eigenvalue weighted by Crippen LogP contribution is 2.35. The van der Waals surface area contributed by atoms with Crippen LogP contribution in [0.3, 0.4) is 0 Å². The van der Waals surface area contributed by atoms with Crippen molar-refractivity contribution in [3.8, 4) is 0 Å². The van der Waals surface area contributed by atoms with Gasteiger partial charge in [0.2, 0.25) is 16.9 Å². The fourth-order valence-corrected chi connectivity index (χ4v) is 4.55. The number of amides is 2. The molecule has 2 heterocycles. The van der Waals surface area contributed by atoms with E-state index in [0.717, 1.165) is 29.1 Å². The minimum absolute atomic E-state index is 0.00154. The summed E-state index contributed by atoms with van der Waals surface area (Å²) in [5, 5.41) is 12.5. The summed E-state index contributed by atoms with van der Waals surface area (Å²) >= 11 is 1.36. The first-order valence-electron chi connectivity index (χ1n) is 10.1. The highest BCUT2D eigenvalue weighted by atomic mass is 32.1. The normalized spacial score (nSPS) is 16.1. The van der Waals surface area contributed by atoms with Crippen molar-refractivity contribution in [3.05, 3.63) is 70.7 Å². The van der Waals surface area contributed by atoms with Gasteiger partial charge in [0.25, 0.3) is 0 Å². The SMILES string of the molecule is Cc1ccccc1N1C[C@@H](c2nnc(NC(=O)CCCc3ccccc3)s2)CC1=O.